The number of rotatable bonds is 8. The van der Waals surface area contributed by atoms with E-state index < -0.39 is 20.0 Å². The van der Waals surface area contributed by atoms with Crippen molar-refractivity contribution in [3.63, 3.8) is 0 Å². The van der Waals surface area contributed by atoms with Crippen LogP contribution in [0.4, 0.5) is 0 Å². The van der Waals surface area contributed by atoms with E-state index >= 15 is 0 Å². The predicted molar refractivity (Wildman–Crippen MR) is 91.8 cm³/mol. The van der Waals surface area contributed by atoms with Crippen LogP contribution >= 0.6 is 0 Å². The molecule has 124 valence electrons. The molecule has 2 rings (SSSR count). The van der Waals surface area contributed by atoms with Crippen LogP contribution in [0.1, 0.15) is 35.9 Å². The van der Waals surface area contributed by atoms with Gasteiger partial charge in [0.05, 0.1) is 0 Å². The van der Waals surface area contributed by atoms with Crippen LogP contribution in [0, 0.1) is 0 Å². The molecule has 2 aromatic rings. The second kappa shape index (κ2) is 8.38. The quantitative estimate of drug-likeness (QED) is 0.730. The van der Waals surface area contributed by atoms with E-state index in [0.29, 0.717) is 17.7 Å². The zero-order valence-corrected chi connectivity index (χ0v) is 14.6. The Bertz CT molecular complexity index is 531. The zero-order chi connectivity index (χ0) is 16.7. The van der Waals surface area contributed by atoms with E-state index in [1.165, 1.54) is 7.11 Å². The lowest BCUT2D eigenvalue weighted by Gasteiger charge is -2.37. The van der Waals surface area contributed by atoms with Crippen LogP contribution in [0.15, 0.2) is 60.7 Å². The number of aliphatic hydroxyl groups excluding tert-OH is 2. The summed E-state index contributed by atoms with van der Waals surface area (Å²) in [5, 5.41) is 21.9. The molecule has 0 saturated carbocycles. The molecule has 0 bridgehead atoms. The van der Waals surface area contributed by atoms with Crippen molar-refractivity contribution in [2.45, 2.75) is 24.8 Å². The second-order valence-corrected chi connectivity index (χ2v) is 8.63. The topological polar surface area (TPSA) is 58.9 Å². The van der Waals surface area contributed by atoms with Crippen molar-refractivity contribution in [1.29, 1.82) is 0 Å². The van der Waals surface area contributed by atoms with Gasteiger partial charge in [-0.05, 0) is 17.5 Å². The van der Waals surface area contributed by atoms with Crippen molar-refractivity contribution in [3.8, 4) is 0 Å². The first-order valence-electron chi connectivity index (χ1n) is 7.80. The van der Waals surface area contributed by atoms with Gasteiger partial charge in [-0.15, -0.1) is 0 Å². The second-order valence-electron chi connectivity index (χ2n) is 5.40. The molecule has 0 aliphatic carbocycles. The molecule has 0 aliphatic heterocycles. The van der Waals surface area contributed by atoms with E-state index in [9.17, 15) is 10.2 Å². The van der Waals surface area contributed by atoms with E-state index in [0.717, 1.165) is 6.42 Å². The number of aliphatic hydroxyl groups is 2. The highest BCUT2D eigenvalue weighted by molar-refractivity contribution is 6.69. The maximum absolute atomic E-state index is 10.9. The molecule has 2 aromatic carbocycles. The van der Waals surface area contributed by atoms with Gasteiger partial charge in [0.25, 0.3) is 0 Å². The lowest BCUT2D eigenvalue weighted by Crippen LogP contribution is -2.54. The Balaban J connectivity index is 2.42. The average molecular weight is 332 g/mol. The van der Waals surface area contributed by atoms with Crippen LogP contribution in [0.3, 0.4) is 0 Å². The zero-order valence-electron chi connectivity index (χ0n) is 13.6. The summed E-state index contributed by atoms with van der Waals surface area (Å²) >= 11 is 0. The van der Waals surface area contributed by atoms with Gasteiger partial charge in [0, 0.05) is 13.7 Å². The fourth-order valence-corrected chi connectivity index (χ4v) is 5.60. The molecule has 4 nitrogen and oxygen atoms in total. The van der Waals surface area contributed by atoms with Crippen molar-refractivity contribution in [1.82, 2.24) is 0 Å². The number of hydrogen-bond donors (Lipinski definition) is 2. The average Bonchev–Trinajstić information content (AvgIpc) is 2.63. The molecule has 0 spiro atoms. The highest BCUT2D eigenvalue weighted by Crippen LogP contribution is 2.36. The first kappa shape index (κ1) is 17.8. The third-order valence-electron chi connectivity index (χ3n) is 3.84. The molecule has 23 heavy (non-hydrogen) atoms. The van der Waals surface area contributed by atoms with Gasteiger partial charge in [-0.25, -0.2) is 0 Å². The van der Waals surface area contributed by atoms with Crippen LogP contribution in [0.2, 0.25) is 0 Å². The van der Waals surface area contributed by atoms with Crippen molar-refractivity contribution in [3.05, 3.63) is 71.8 Å². The fourth-order valence-electron chi connectivity index (χ4n) is 2.59. The molecule has 5 heteroatoms. The Kier molecular flexibility index (Phi) is 6.50. The van der Waals surface area contributed by atoms with Crippen molar-refractivity contribution in [2.75, 3.05) is 13.7 Å². The van der Waals surface area contributed by atoms with Gasteiger partial charge in [0.1, 0.15) is 11.5 Å². The van der Waals surface area contributed by atoms with Crippen molar-refractivity contribution in [2.24, 2.45) is 0 Å². The summed E-state index contributed by atoms with van der Waals surface area (Å²) in [4.78, 5) is 0. The van der Waals surface area contributed by atoms with Gasteiger partial charge in [-0.2, -0.15) is 0 Å². The Morgan fingerprint density at radius 1 is 0.870 bits per heavy atom. The lowest BCUT2D eigenvalue weighted by molar-refractivity contribution is 0.0699. The largest absolute Gasteiger partial charge is 0.406 e. The van der Waals surface area contributed by atoms with Crippen LogP contribution in [0.5, 0.6) is 0 Å². The molecule has 2 N–H and O–H groups in total. The van der Waals surface area contributed by atoms with Gasteiger partial charge < -0.3 is 19.1 Å². The summed E-state index contributed by atoms with van der Waals surface area (Å²) in [6, 6.07) is 18.4. The molecule has 0 amide bonds. The summed E-state index contributed by atoms with van der Waals surface area (Å²) in [5.74, 6) is 0. The Morgan fingerprint density at radius 2 is 1.30 bits per heavy atom. The van der Waals surface area contributed by atoms with Gasteiger partial charge in [0.2, 0.25) is 0 Å². The lowest BCUT2D eigenvalue weighted by atomic mass is 10.2. The molecule has 2 atom stereocenters. The SMILES string of the molecule is CCCO[Si](OC)(C(O)c1ccccc1)C(O)c1ccccc1. The molecule has 0 aromatic heterocycles. The van der Waals surface area contributed by atoms with E-state index in [2.05, 4.69) is 0 Å². The summed E-state index contributed by atoms with van der Waals surface area (Å²) in [6.07, 6.45) is 0.779. The normalized spacial score (nSPS) is 16.5. The van der Waals surface area contributed by atoms with E-state index in [1.807, 2.05) is 67.6 Å². The van der Waals surface area contributed by atoms with Crippen molar-refractivity contribution >= 4 is 8.56 Å². The minimum Gasteiger partial charge on any atom is -0.394 e. The van der Waals surface area contributed by atoms with Crippen LogP contribution in [0.25, 0.3) is 0 Å². The van der Waals surface area contributed by atoms with Crippen LogP contribution in [-0.4, -0.2) is 32.5 Å². The van der Waals surface area contributed by atoms with Crippen LogP contribution < -0.4 is 0 Å². The minimum atomic E-state index is -3.37. The van der Waals surface area contributed by atoms with Crippen LogP contribution in [-0.2, 0) is 8.85 Å². The van der Waals surface area contributed by atoms with Gasteiger partial charge in [-0.3, -0.25) is 0 Å². The number of benzene rings is 2. The standard InChI is InChI=1S/C18H24O4Si/c1-3-14-22-23(21-2,17(19)15-10-6-4-7-11-15)18(20)16-12-8-5-9-13-16/h4-13,17-20H,3,14H2,1-2H3. The molecule has 0 radical (unpaired) electrons. The minimum absolute atomic E-state index is 0.424. The third-order valence-corrected chi connectivity index (χ3v) is 7.33. The maximum atomic E-state index is 10.9. The highest BCUT2D eigenvalue weighted by Gasteiger charge is 2.53. The molecule has 0 saturated heterocycles. The summed E-state index contributed by atoms with van der Waals surface area (Å²) < 4.78 is 11.7. The molecular formula is C18H24O4Si. The Hall–Kier alpha value is -1.50. The van der Waals surface area contributed by atoms with Gasteiger partial charge in [-0.1, -0.05) is 67.6 Å². The first-order valence-corrected chi connectivity index (χ1v) is 9.78. The third kappa shape index (κ3) is 3.88. The van der Waals surface area contributed by atoms with E-state index in [4.69, 9.17) is 8.85 Å². The number of hydrogen-bond acceptors (Lipinski definition) is 4. The summed E-state index contributed by atoms with van der Waals surface area (Å²) in [7, 11) is -1.87. The smallest absolute Gasteiger partial charge is 0.394 e. The monoisotopic (exact) mass is 332 g/mol. The predicted octanol–water partition coefficient (Wildman–Crippen LogP) is 3.05. The first-order chi connectivity index (χ1) is 11.2. The molecule has 0 fully saturated rings. The summed E-state index contributed by atoms with van der Waals surface area (Å²) in [6.45, 7) is 2.41. The molecule has 0 aliphatic rings. The Morgan fingerprint density at radius 3 is 1.65 bits per heavy atom. The fraction of sp³-hybridized carbons (Fsp3) is 0.333. The highest BCUT2D eigenvalue weighted by atomic mass is 28.4. The van der Waals surface area contributed by atoms with Gasteiger partial charge >= 0.3 is 8.56 Å². The van der Waals surface area contributed by atoms with Gasteiger partial charge in [0.15, 0.2) is 0 Å². The maximum Gasteiger partial charge on any atom is 0.406 e. The van der Waals surface area contributed by atoms with E-state index in [-0.39, 0.29) is 0 Å². The molecule has 0 heterocycles. The van der Waals surface area contributed by atoms with Crippen molar-refractivity contribution < 1.29 is 19.1 Å². The Labute approximate surface area is 138 Å². The molecular weight excluding hydrogens is 308 g/mol. The van der Waals surface area contributed by atoms with E-state index in [1.54, 1.807) is 0 Å². The molecule has 2 unspecified atom stereocenters. The summed E-state index contributed by atoms with van der Waals surface area (Å²) in [5.41, 5.74) is -0.606.